The van der Waals surface area contributed by atoms with E-state index >= 15 is 0 Å². The van der Waals surface area contributed by atoms with E-state index in [-0.39, 0.29) is 0 Å². The Bertz CT molecular complexity index is 1050. The zero-order valence-corrected chi connectivity index (χ0v) is 15.2. The molecule has 4 rings (SSSR count). The van der Waals surface area contributed by atoms with Crippen LogP contribution in [0.25, 0.3) is 22.6 Å². The van der Waals surface area contributed by atoms with Gasteiger partial charge in [-0.2, -0.15) is 0 Å². The summed E-state index contributed by atoms with van der Waals surface area (Å²) in [5.74, 6) is 0.629. The van der Waals surface area contributed by atoms with Gasteiger partial charge in [-0.3, -0.25) is 4.99 Å². The molecule has 0 saturated heterocycles. The van der Waals surface area contributed by atoms with Crippen molar-refractivity contribution in [3.63, 3.8) is 0 Å². The molecule has 4 heteroatoms. The van der Waals surface area contributed by atoms with Crippen LogP contribution in [-0.4, -0.2) is 11.2 Å². The number of halogens is 1. The molecule has 0 radical (unpaired) electrons. The van der Waals surface area contributed by atoms with E-state index in [9.17, 15) is 0 Å². The van der Waals surface area contributed by atoms with Crippen molar-refractivity contribution in [3.05, 3.63) is 82.3 Å². The number of fused-ring (bicyclic) bond motifs is 1. The Morgan fingerprint density at radius 2 is 1.72 bits per heavy atom. The quantitative estimate of drug-likeness (QED) is 0.384. The van der Waals surface area contributed by atoms with E-state index in [0.717, 1.165) is 32.4 Å². The topological polar surface area (TPSA) is 38.4 Å². The van der Waals surface area contributed by atoms with Crippen LogP contribution in [0.5, 0.6) is 0 Å². The SMILES string of the molecule is Cc1ccc(-c2nc3cc(N=Cc4ccc(Br)cc4)ccc3o2)cc1. The first kappa shape index (κ1) is 15.8. The fraction of sp³-hybridized carbons (Fsp3) is 0.0476. The van der Waals surface area contributed by atoms with E-state index in [1.54, 1.807) is 0 Å². The Kier molecular flexibility index (Phi) is 4.20. The van der Waals surface area contributed by atoms with Crippen LogP contribution in [0.4, 0.5) is 5.69 Å². The minimum Gasteiger partial charge on any atom is -0.436 e. The van der Waals surface area contributed by atoms with Crippen LogP contribution in [-0.2, 0) is 0 Å². The van der Waals surface area contributed by atoms with Crippen LogP contribution in [0.1, 0.15) is 11.1 Å². The van der Waals surface area contributed by atoms with E-state index in [1.807, 2.05) is 60.8 Å². The summed E-state index contributed by atoms with van der Waals surface area (Å²) in [6.45, 7) is 2.06. The van der Waals surface area contributed by atoms with Crippen molar-refractivity contribution < 1.29 is 4.42 Å². The molecule has 1 aromatic heterocycles. The van der Waals surface area contributed by atoms with E-state index in [4.69, 9.17) is 4.42 Å². The molecule has 0 unspecified atom stereocenters. The van der Waals surface area contributed by atoms with Gasteiger partial charge in [-0.05, 0) is 55.0 Å². The van der Waals surface area contributed by atoms with Gasteiger partial charge in [-0.1, -0.05) is 45.8 Å². The van der Waals surface area contributed by atoms with Gasteiger partial charge in [0, 0.05) is 16.3 Å². The summed E-state index contributed by atoms with van der Waals surface area (Å²) in [5, 5.41) is 0. The average molecular weight is 391 g/mol. The van der Waals surface area contributed by atoms with Crippen LogP contribution in [0.3, 0.4) is 0 Å². The summed E-state index contributed by atoms with van der Waals surface area (Å²) in [6.07, 6.45) is 1.84. The molecule has 0 saturated carbocycles. The number of benzene rings is 3. The van der Waals surface area contributed by atoms with Crippen molar-refractivity contribution in [1.29, 1.82) is 0 Å². The standard InChI is InChI=1S/C21H15BrN2O/c1-14-2-6-16(7-3-14)21-24-19-12-18(10-11-20(19)25-21)23-13-15-4-8-17(22)9-5-15/h2-13H,1H3. The second kappa shape index (κ2) is 6.65. The van der Waals surface area contributed by atoms with Gasteiger partial charge < -0.3 is 4.42 Å². The van der Waals surface area contributed by atoms with E-state index in [1.165, 1.54) is 5.56 Å². The van der Waals surface area contributed by atoms with E-state index in [0.29, 0.717) is 5.89 Å². The van der Waals surface area contributed by atoms with Crippen molar-refractivity contribution in [2.75, 3.05) is 0 Å². The minimum absolute atomic E-state index is 0.629. The molecule has 0 fully saturated rings. The Morgan fingerprint density at radius 3 is 2.48 bits per heavy atom. The summed E-state index contributed by atoms with van der Waals surface area (Å²) in [4.78, 5) is 9.12. The maximum Gasteiger partial charge on any atom is 0.227 e. The predicted octanol–water partition coefficient (Wildman–Crippen LogP) is 6.32. The summed E-state index contributed by atoms with van der Waals surface area (Å²) >= 11 is 3.43. The van der Waals surface area contributed by atoms with Crippen molar-refractivity contribution in [3.8, 4) is 11.5 Å². The van der Waals surface area contributed by atoms with Crippen LogP contribution >= 0.6 is 15.9 Å². The first-order chi connectivity index (χ1) is 12.2. The number of aryl methyl sites for hydroxylation is 1. The zero-order chi connectivity index (χ0) is 17.2. The molecule has 0 amide bonds. The molecule has 25 heavy (non-hydrogen) atoms. The van der Waals surface area contributed by atoms with Crippen LogP contribution in [0.15, 0.2) is 80.6 Å². The van der Waals surface area contributed by atoms with E-state index in [2.05, 4.69) is 45.0 Å². The molecule has 122 valence electrons. The van der Waals surface area contributed by atoms with Crippen LogP contribution in [0.2, 0.25) is 0 Å². The van der Waals surface area contributed by atoms with Crippen molar-refractivity contribution >= 4 is 38.9 Å². The minimum atomic E-state index is 0.629. The highest BCUT2D eigenvalue weighted by atomic mass is 79.9. The lowest BCUT2D eigenvalue weighted by Gasteiger charge is -1.95. The summed E-state index contributed by atoms with van der Waals surface area (Å²) in [6, 6.07) is 21.9. The highest BCUT2D eigenvalue weighted by Gasteiger charge is 2.08. The Balaban J connectivity index is 1.63. The van der Waals surface area contributed by atoms with Gasteiger partial charge in [0.1, 0.15) is 5.52 Å². The molecular weight excluding hydrogens is 376 g/mol. The van der Waals surface area contributed by atoms with Crippen molar-refractivity contribution in [2.24, 2.45) is 4.99 Å². The third kappa shape index (κ3) is 3.54. The van der Waals surface area contributed by atoms with Gasteiger partial charge in [0.15, 0.2) is 5.58 Å². The number of oxazole rings is 1. The molecule has 0 bridgehead atoms. The Hall–Kier alpha value is -2.72. The summed E-state index contributed by atoms with van der Waals surface area (Å²) in [5.41, 5.74) is 5.65. The zero-order valence-electron chi connectivity index (χ0n) is 13.6. The van der Waals surface area contributed by atoms with Crippen molar-refractivity contribution in [2.45, 2.75) is 6.92 Å². The van der Waals surface area contributed by atoms with Gasteiger partial charge in [-0.25, -0.2) is 4.98 Å². The molecule has 3 nitrogen and oxygen atoms in total. The Labute approximate surface area is 154 Å². The lowest BCUT2D eigenvalue weighted by molar-refractivity contribution is 0.620. The number of hydrogen-bond donors (Lipinski definition) is 0. The average Bonchev–Trinajstić information content (AvgIpc) is 3.05. The lowest BCUT2D eigenvalue weighted by Crippen LogP contribution is -1.79. The van der Waals surface area contributed by atoms with Gasteiger partial charge in [-0.15, -0.1) is 0 Å². The van der Waals surface area contributed by atoms with Gasteiger partial charge >= 0.3 is 0 Å². The molecule has 0 atom stereocenters. The third-order valence-electron chi connectivity index (χ3n) is 3.90. The first-order valence-electron chi connectivity index (χ1n) is 7.95. The normalized spacial score (nSPS) is 11.4. The number of nitrogens with zero attached hydrogens (tertiary/aromatic N) is 2. The predicted molar refractivity (Wildman–Crippen MR) is 106 cm³/mol. The van der Waals surface area contributed by atoms with Gasteiger partial charge in [0.25, 0.3) is 0 Å². The maximum absolute atomic E-state index is 5.86. The third-order valence-corrected chi connectivity index (χ3v) is 4.43. The van der Waals surface area contributed by atoms with Crippen LogP contribution < -0.4 is 0 Å². The molecule has 0 aliphatic carbocycles. The van der Waals surface area contributed by atoms with Crippen LogP contribution in [0, 0.1) is 6.92 Å². The maximum atomic E-state index is 5.86. The second-order valence-electron chi connectivity index (χ2n) is 5.85. The fourth-order valence-corrected chi connectivity index (χ4v) is 2.78. The number of rotatable bonds is 3. The number of aliphatic imine (C=N–C) groups is 1. The highest BCUT2D eigenvalue weighted by molar-refractivity contribution is 9.10. The number of aromatic nitrogens is 1. The molecule has 1 heterocycles. The van der Waals surface area contributed by atoms with Crippen molar-refractivity contribution in [1.82, 2.24) is 4.98 Å². The monoisotopic (exact) mass is 390 g/mol. The summed E-state index contributed by atoms with van der Waals surface area (Å²) < 4.78 is 6.91. The van der Waals surface area contributed by atoms with E-state index < -0.39 is 0 Å². The number of hydrogen-bond acceptors (Lipinski definition) is 3. The first-order valence-corrected chi connectivity index (χ1v) is 8.74. The molecule has 4 aromatic rings. The summed E-state index contributed by atoms with van der Waals surface area (Å²) in [7, 11) is 0. The molecule has 3 aromatic carbocycles. The highest BCUT2D eigenvalue weighted by Crippen LogP contribution is 2.27. The lowest BCUT2D eigenvalue weighted by atomic mass is 10.1. The molecule has 0 spiro atoms. The molecule has 0 N–H and O–H groups in total. The second-order valence-corrected chi connectivity index (χ2v) is 6.76. The largest absolute Gasteiger partial charge is 0.436 e. The van der Waals surface area contributed by atoms with Gasteiger partial charge in [0.05, 0.1) is 5.69 Å². The fourth-order valence-electron chi connectivity index (χ4n) is 2.51. The smallest absolute Gasteiger partial charge is 0.227 e. The molecule has 0 aliphatic heterocycles. The molecular formula is C21H15BrN2O. The molecule has 0 aliphatic rings. The Morgan fingerprint density at radius 1 is 0.960 bits per heavy atom. The van der Waals surface area contributed by atoms with Gasteiger partial charge in [0.2, 0.25) is 5.89 Å².